The van der Waals surface area contributed by atoms with Crippen LogP contribution < -0.4 is 4.74 Å². The Kier molecular flexibility index (Phi) is 6.91. The molecule has 1 N–H and O–H groups in total. The first-order valence-electron chi connectivity index (χ1n) is 12.7. The first kappa shape index (κ1) is 27.5. The third kappa shape index (κ3) is 5.12. The van der Waals surface area contributed by atoms with Crippen LogP contribution in [0.25, 0.3) is 10.9 Å². The molecule has 3 fully saturated rings. The van der Waals surface area contributed by atoms with E-state index in [1.54, 1.807) is 30.5 Å². The molecule has 0 aliphatic carbocycles. The van der Waals surface area contributed by atoms with Crippen LogP contribution in [0.3, 0.4) is 0 Å². The van der Waals surface area contributed by atoms with Gasteiger partial charge in [0.15, 0.2) is 0 Å². The lowest BCUT2D eigenvalue weighted by atomic mass is 9.71. The van der Waals surface area contributed by atoms with Crippen LogP contribution >= 0.6 is 0 Å². The number of pyridine rings is 1. The number of halogens is 6. The quantitative estimate of drug-likeness (QED) is 0.205. The highest BCUT2D eigenvalue weighted by Crippen LogP contribution is 2.48. The maximum atomic E-state index is 13.6. The van der Waals surface area contributed by atoms with Crippen molar-refractivity contribution in [3.05, 3.63) is 83.6 Å². The van der Waals surface area contributed by atoms with E-state index in [9.17, 15) is 31.4 Å². The van der Waals surface area contributed by atoms with Crippen LogP contribution in [0.4, 0.5) is 26.3 Å². The summed E-state index contributed by atoms with van der Waals surface area (Å²) in [4.78, 5) is 4.37. The summed E-state index contributed by atoms with van der Waals surface area (Å²) >= 11 is 0. The molecule has 4 heterocycles. The Morgan fingerprint density at radius 1 is 1.08 bits per heavy atom. The molecule has 0 unspecified atom stereocenters. The zero-order valence-electron chi connectivity index (χ0n) is 21.3. The predicted molar refractivity (Wildman–Crippen MR) is 134 cm³/mol. The first-order valence-corrected chi connectivity index (χ1v) is 12.7. The van der Waals surface area contributed by atoms with Gasteiger partial charge in [-0.05, 0) is 53.9 Å². The number of methoxy groups -OCH3 is 1. The molecule has 0 radical (unpaired) electrons. The molecule has 3 aliphatic rings. The molecule has 3 saturated heterocycles. The summed E-state index contributed by atoms with van der Waals surface area (Å²) in [5.41, 5.74) is -1.47. The van der Waals surface area contributed by atoms with E-state index in [1.165, 1.54) is 7.11 Å². The molecular weight excluding hydrogens is 522 g/mol. The van der Waals surface area contributed by atoms with Gasteiger partial charge in [-0.2, -0.15) is 26.3 Å². The van der Waals surface area contributed by atoms with E-state index in [0.29, 0.717) is 41.7 Å². The van der Waals surface area contributed by atoms with Crippen molar-refractivity contribution in [1.82, 2.24) is 4.98 Å². The summed E-state index contributed by atoms with van der Waals surface area (Å²) in [6.45, 7) is 4.86. The van der Waals surface area contributed by atoms with Gasteiger partial charge in [0, 0.05) is 35.9 Å². The van der Waals surface area contributed by atoms with Gasteiger partial charge < -0.3 is 14.3 Å². The van der Waals surface area contributed by atoms with Crippen LogP contribution in [0.1, 0.15) is 41.2 Å². The number of nitrogens with zero attached hydrogens (tertiary/aromatic N) is 2. The van der Waals surface area contributed by atoms with Gasteiger partial charge in [-0.1, -0.05) is 6.08 Å². The number of rotatable bonds is 6. The van der Waals surface area contributed by atoms with Crippen molar-refractivity contribution in [2.75, 3.05) is 20.2 Å². The summed E-state index contributed by atoms with van der Waals surface area (Å²) in [5.74, 6) is 0.843. The molecule has 6 rings (SSSR count). The van der Waals surface area contributed by atoms with Crippen LogP contribution in [-0.2, 0) is 18.9 Å². The van der Waals surface area contributed by atoms with Crippen LogP contribution in [0.15, 0.2) is 61.3 Å². The number of aromatic nitrogens is 1. The second-order valence-electron chi connectivity index (χ2n) is 10.7. The van der Waals surface area contributed by atoms with E-state index >= 15 is 0 Å². The van der Waals surface area contributed by atoms with Gasteiger partial charge in [0.1, 0.15) is 24.4 Å². The number of benzene rings is 2. The molecule has 0 saturated carbocycles. The highest BCUT2D eigenvalue weighted by molar-refractivity contribution is 5.83. The minimum Gasteiger partial charge on any atom is -0.497 e. The Bertz CT molecular complexity index is 1360. The molecule has 2 bridgehead atoms. The normalized spacial score (nSPS) is 26.0. The number of hydrogen-bond acceptors (Lipinski definition) is 3. The summed E-state index contributed by atoms with van der Waals surface area (Å²) in [7, 11) is 1.53. The molecule has 0 spiro atoms. The SMILES string of the molecule is C=C[C@H]1C[N@+]2(Cc3cc(C(F)(F)F)cc(C(F)(F)F)c3)CC[C@@H]1C[C@H]2[C@H](O)c1ccnc2ccc(OC)cc12. The van der Waals surface area contributed by atoms with E-state index in [-0.39, 0.29) is 34.5 Å². The second kappa shape index (κ2) is 9.82. The van der Waals surface area contributed by atoms with Gasteiger partial charge in [0.25, 0.3) is 0 Å². The van der Waals surface area contributed by atoms with Crippen LogP contribution in [0.2, 0.25) is 0 Å². The first-order chi connectivity index (χ1) is 18.3. The zero-order chi connectivity index (χ0) is 28.2. The Morgan fingerprint density at radius 3 is 2.38 bits per heavy atom. The number of hydrogen-bond donors (Lipinski definition) is 1. The standard InChI is InChI=1S/C29H29F6N2O2/c1-3-18-16-37(15-17-10-20(28(30,31)32)13-21(11-17)29(33,34)35)9-7-19(18)12-26(37)27(38)23-6-8-36-25-5-4-22(39-2)14-24(23)25/h3-6,8,10-11,13-14,18-19,26-27,38H,1,7,9,12,15-16H2,2H3/q+1/t18-,19+,26-,27+,37+/m0/s1. The summed E-state index contributed by atoms with van der Waals surface area (Å²) < 4.78 is 87.2. The zero-order valence-corrected chi connectivity index (χ0v) is 21.3. The van der Waals surface area contributed by atoms with E-state index in [2.05, 4.69) is 11.6 Å². The average molecular weight is 552 g/mol. The summed E-state index contributed by atoms with van der Waals surface area (Å²) in [6, 6.07) is 8.34. The van der Waals surface area contributed by atoms with Crippen molar-refractivity contribution in [1.29, 1.82) is 0 Å². The summed E-state index contributed by atoms with van der Waals surface area (Å²) in [6.07, 6.45) is -6.16. The van der Waals surface area contributed by atoms with Crippen LogP contribution in [0, 0.1) is 11.8 Å². The number of piperidine rings is 3. The minimum atomic E-state index is -4.93. The maximum absolute atomic E-state index is 13.6. The van der Waals surface area contributed by atoms with Gasteiger partial charge in [-0.3, -0.25) is 4.98 Å². The van der Waals surface area contributed by atoms with Gasteiger partial charge in [0.2, 0.25) is 0 Å². The monoisotopic (exact) mass is 551 g/mol. The number of alkyl halides is 6. The Balaban J connectivity index is 1.60. The molecular formula is C29H29F6N2O2+. The van der Waals surface area contributed by atoms with Gasteiger partial charge in [-0.15, -0.1) is 6.58 Å². The van der Waals surface area contributed by atoms with E-state index < -0.39 is 35.6 Å². The Hall–Kier alpha value is -3.11. The van der Waals surface area contributed by atoms with E-state index in [4.69, 9.17) is 4.74 Å². The Labute approximate surface area is 222 Å². The van der Waals surface area contributed by atoms with Gasteiger partial charge in [-0.25, -0.2) is 0 Å². The number of quaternary nitrogens is 1. The largest absolute Gasteiger partial charge is 0.497 e. The van der Waals surface area contributed by atoms with Crippen molar-refractivity contribution in [3.63, 3.8) is 0 Å². The maximum Gasteiger partial charge on any atom is 0.416 e. The van der Waals surface area contributed by atoms with Crippen molar-refractivity contribution < 1.29 is 40.7 Å². The number of aliphatic hydroxyl groups excluding tert-OH is 1. The van der Waals surface area contributed by atoms with Crippen molar-refractivity contribution in [3.8, 4) is 5.75 Å². The lowest BCUT2D eigenvalue weighted by Gasteiger charge is -2.58. The molecule has 0 amide bonds. The molecule has 3 aliphatic heterocycles. The number of aliphatic hydroxyl groups is 1. The minimum absolute atomic E-state index is 0.0457. The van der Waals surface area contributed by atoms with Crippen LogP contribution in [0.5, 0.6) is 5.75 Å². The fourth-order valence-electron chi connectivity index (χ4n) is 6.59. The fraction of sp³-hybridized carbons (Fsp3) is 0.414. The molecule has 1 aromatic heterocycles. The number of fused-ring (bicyclic) bond motifs is 4. The van der Waals surface area contributed by atoms with E-state index in [1.807, 2.05) is 6.08 Å². The van der Waals surface area contributed by atoms with Crippen molar-refractivity contribution in [2.45, 2.75) is 43.9 Å². The van der Waals surface area contributed by atoms with Crippen molar-refractivity contribution >= 4 is 10.9 Å². The molecule has 10 heteroatoms. The third-order valence-electron chi connectivity index (χ3n) is 8.49. The fourth-order valence-corrected chi connectivity index (χ4v) is 6.59. The second-order valence-corrected chi connectivity index (χ2v) is 10.7. The van der Waals surface area contributed by atoms with Crippen LogP contribution in [-0.4, -0.2) is 40.8 Å². The van der Waals surface area contributed by atoms with Crippen molar-refractivity contribution in [2.24, 2.45) is 11.8 Å². The van der Waals surface area contributed by atoms with Gasteiger partial charge in [0.05, 0.1) is 36.8 Å². The molecule has 39 heavy (non-hydrogen) atoms. The smallest absolute Gasteiger partial charge is 0.416 e. The molecule has 4 nitrogen and oxygen atoms in total. The molecule has 3 aromatic rings. The predicted octanol–water partition coefficient (Wildman–Crippen LogP) is 6.93. The average Bonchev–Trinajstić information content (AvgIpc) is 2.90. The summed E-state index contributed by atoms with van der Waals surface area (Å²) in [5, 5.41) is 12.5. The lowest BCUT2D eigenvalue weighted by Crippen LogP contribution is -2.67. The highest BCUT2D eigenvalue weighted by Gasteiger charge is 2.54. The van der Waals surface area contributed by atoms with Gasteiger partial charge >= 0.3 is 12.4 Å². The highest BCUT2D eigenvalue weighted by atomic mass is 19.4. The lowest BCUT2D eigenvalue weighted by molar-refractivity contribution is -0.984. The molecule has 5 atom stereocenters. The third-order valence-corrected chi connectivity index (χ3v) is 8.49. The Morgan fingerprint density at radius 2 is 1.77 bits per heavy atom. The number of ether oxygens (including phenoxy) is 1. The topological polar surface area (TPSA) is 42.4 Å². The molecule has 2 aromatic carbocycles. The molecule has 208 valence electrons. The van der Waals surface area contributed by atoms with E-state index in [0.717, 1.165) is 18.6 Å².